The van der Waals surface area contributed by atoms with Crippen LogP contribution in [0.25, 0.3) is 0 Å². The van der Waals surface area contributed by atoms with Crippen molar-refractivity contribution in [3.63, 3.8) is 0 Å². The van der Waals surface area contributed by atoms with E-state index in [0.29, 0.717) is 17.5 Å². The van der Waals surface area contributed by atoms with Crippen molar-refractivity contribution in [1.29, 1.82) is 0 Å². The molecule has 1 aromatic heterocycles. The second-order valence-electron chi connectivity index (χ2n) is 6.36. The number of urea groups is 1. The Morgan fingerprint density at radius 2 is 2.04 bits per heavy atom. The number of carbonyl (C=O) groups is 1. The fraction of sp³-hybridized carbons (Fsp3) is 0.444. The van der Waals surface area contributed by atoms with E-state index in [9.17, 15) is 9.90 Å². The standard InChI is InChI=1S/C18H26N4O3/c1-13(2)9-14-10-17(22(3)21-14)20-18(24)19-11-15(23)12-25-16-7-5-4-6-8-16/h4-8,10,13,15,23H,9,11-12H2,1-3H3,(H2,19,20,24)/t15-/m0/s1. The zero-order valence-corrected chi connectivity index (χ0v) is 14.9. The van der Waals surface area contributed by atoms with Gasteiger partial charge in [0, 0.05) is 19.7 Å². The predicted octanol–water partition coefficient (Wildman–Crippen LogP) is 2.18. The third-order valence-electron chi connectivity index (χ3n) is 3.47. The predicted molar refractivity (Wildman–Crippen MR) is 96.7 cm³/mol. The number of benzene rings is 1. The molecule has 7 nitrogen and oxygen atoms in total. The minimum Gasteiger partial charge on any atom is -0.491 e. The maximum atomic E-state index is 12.0. The van der Waals surface area contributed by atoms with E-state index < -0.39 is 12.1 Å². The second kappa shape index (κ2) is 9.08. The maximum absolute atomic E-state index is 12.0. The van der Waals surface area contributed by atoms with Crippen LogP contribution in [0.3, 0.4) is 0 Å². The number of aliphatic hydroxyl groups excluding tert-OH is 1. The maximum Gasteiger partial charge on any atom is 0.320 e. The fourth-order valence-corrected chi connectivity index (χ4v) is 2.30. The number of anilines is 1. The minimum absolute atomic E-state index is 0.0926. The molecule has 2 amide bonds. The molecule has 0 unspecified atom stereocenters. The van der Waals surface area contributed by atoms with Gasteiger partial charge in [0.05, 0.1) is 5.69 Å². The van der Waals surface area contributed by atoms with E-state index in [4.69, 9.17) is 4.74 Å². The Kier molecular flexibility index (Phi) is 6.82. The molecule has 3 N–H and O–H groups in total. The number of ether oxygens (including phenoxy) is 1. The van der Waals surface area contributed by atoms with E-state index >= 15 is 0 Å². The van der Waals surface area contributed by atoms with E-state index in [0.717, 1.165) is 12.1 Å². The van der Waals surface area contributed by atoms with E-state index in [2.05, 4.69) is 29.6 Å². The number of aromatic nitrogens is 2. The summed E-state index contributed by atoms with van der Waals surface area (Å²) in [6.07, 6.45) is 0.0566. The molecule has 2 rings (SSSR count). The Balaban J connectivity index is 1.74. The number of amides is 2. The molecule has 1 atom stereocenters. The van der Waals surface area contributed by atoms with Crippen molar-refractivity contribution < 1.29 is 14.6 Å². The molecule has 0 aliphatic heterocycles. The number of hydrogen-bond acceptors (Lipinski definition) is 4. The van der Waals surface area contributed by atoms with Crippen molar-refractivity contribution in [2.75, 3.05) is 18.5 Å². The normalized spacial score (nSPS) is 12.0. The van der Waals surface area contributed by atoms with E-state index in [-0.39, 0.29) is 13.2 Å². The van der Waals surface area contributed by atoms with Gasteiger partial charge in [0.15, 0.2) is 0 Å². The van der Waals surface area contributed by atoms with E-state index in [1.165, 1.54) is 0 Å². The van der Waals surface area contributed by atoms with Gasteiger partial charge < -0.3 is 15.2 Å². The molecule has 1 heterocycles. The van der Waals surface area contributed by atoms with Gasteiger partial charge in [-0.1, -0.05) is 32.0 Å². The summed E-state index contributed by atoms with van der Waals surface area (Å²) >= 11 is 0. The molecule has 136 valence electrons. The highest BCUT2D eigenvalue weighted by Crippen LogP contribution is 2.12. The van der Waals surface area contributed by atoms with Crippen LogP contribution in [0, 0.1) is 5.92 Å². The Hall–Kier alpha value is -2.54. The summed E-state index contributed by atoms with van der Waals surface area (Å²) in [5.74, 6) is 1.79. The summed E-state index contributed by atoms with van der Waals surface area (Å²) in [7, 11) is 1.78. The van der Waals surface area contributed by atoms with Crippen molar-refractivity contribution in [3.05, 3.63) is 42.1 Å². The van der Waals surface area contributed by atoms with E-state index in [1.807, 2.05) is 36.4 Å². The van der Waals surface area contributed by atoms with Crippen LogP contribution in [0.4, 0.5) is 10.6 Å². The second-order valence-corrected chi connectivity index (χ2v) is 6.36. The topological polar surface area (TPSA) is 88.4 Å². The first-order valence-corrected chi connectivity index (χ1v) is 8.37. The Bertz CT molecular complexity index is 670. The first kappa shape index (κ1) is 18.8. The quantitative estimate of drug-likeness (QED) is 0.683. The molecule has 0 bridgehead atoms. The molecule has 0 saturated heterocycles. The summed E-state index contributed by atoms with van der Waals surface area (Å²) in [5.41, 5.74) is 0.934. The third kappa shape index (κ3) is 6.46. The number of carbonyl (C=O) groups excluding carboxylic acids is 1. The van der Waals surface area contributed by atoms with Crippen molar-refractivity contribution >= 4 is 11.8 Å². The summed E-state index contributed by atoms with van der Waals surface area (Å²) in [6.45, 7) is 4.44. The first-order valence-electron chi connectivity index (χ1n) is 8.37. The average Bonchev–Trinajstić information content (AvgIpc) is 2.90. The Morgan fingerprint density at radius 3 is 2.72 bits per heavy atom. The largest absolute Gasteiger partial charge is 0.491 e. The van der Waals surface area contributed by atoms with Crippen LogP contribution >= 0.6 is 0 Å². The molecular formula is C18H26N4O3. The van der Waals surface area contributed by atoms with Gasteiger partial charge in [-0.25, -0.2) is 4.79 Å². The number of nitrogens with one attached hydrogen (secondary N) is 2. The number of para-hydroxylation sites is 1. The van der Waals surface area contributed by atoms with Gasteiger partial charge in [-0.15, -0.1) is 0 Å². The smallest absolute Gasteiger partial charge is 0.320 e. The highest BCUT2D eigenvalue weighted by atomic mass is 16.5. The molecule has 1 aromatic carbocycles. The molecule has 0 fully saturated rings. The van der Waals surface area contributed by atoms with Crippen LogP contribution < -0.4 is 15.4 Å². The molecule has 0 radical (unpaired) electrons. The van der Waals surface area contributed by atoms with Gasteiger partial charge in [-0.05, 0) is 24.5 Å². The van der Waals surface area contributed by atoms with Crippen molar-refractivity contribution in [2.45, 2.75) is 26.4 Å². The van der Waals surface area contributed by atoms with Gasteiger partial charge in [0.1, 0.15) is 24.3 Å². The highest BCUT2D eigenvalue weighted by Gasteiger charge is 2.11. The van der Waals surface area contributed by atoms with E-state index in [1.54, 1.807) is 11.7 Å². The number of aliphatic hydroxyl groups is 1. The van der Waals surface area contributed by atoms with Gasteiger partial charge in [0.25, 0.3) is 0 Å². The lowest BCUT2D eigenvalue weighted by Gasteiger charge is -2.13. The monoisotopic (exact) mass is 346 g/mol. The highest BCUT2D eigenvalue weighted by molar-refractivity contribution is 5.88. The molecule has 0 aliphatic rings. The van der Waals surface area contributed by atoms with Crippen LogP contribution in [0.1, 0.15) is 19.5 Å². The minimum atomic E-state index is -0.797. The van der Waals surface area contributed by atoms with Gasteiger partial charge >= 0.3 is 6.03 Å². The number of aryl methyl sites for hydroxylation is 1. The molecule has 0 spiro atoms. The number of hydrogen-bond donors (Lipinski definition) is 3. The van der Waals surface area contributed by atoms with Gasteiger partial charge in [0.2, 0.25) is 0 Å². The third-order valence-corrected chi connectivity index (χ3v) is 3.47. The molecule has 2 aromatic rings. The Labute approximate surface area is 148 Å². The van der Waals surface area contributed by atoms with Crippen LogP contribution in [0.5, 0.6) is 5.75 Å². The lowest BCUT2D eigenvalue weighted by Crippen LogP contribution is -2.38. The van der Waals surface area contributed by atoms with Crippen molar-refractivity contribution in [2.24, 2.45) is 13.0 Å². The fourth-order valence-electron chi connectivity index (χ4n) is 2.30. The molecule has 25 heavy (non-hydrogen) atoms. The SMILES string of the molecule is CC(C)Cc1cc(NC(=O)NC[C@H](O)COc2ccccc2)n(C)n1. The zero-order chi connectivity index (χ0) is 18.2. The summed E-state index contributed by atoms with van der Waals surface area (Å²) in [4.78, 5) is 12.0. The number of rotatable bonds is 8. The van der Waals surface area contributed by atoms with Crippen LogP contribution in [0.15, 0.2) is 36.4 Å². The molecule has 0 aliphatic carbocycles. The van der Waals surface area contributed by atoms with Gasteiger partial charge in [-0.2, -0.15) is 5.10 Å². The van der Waals surface area contributed by atoms with Gasteiger partial charge in [-0.3, -0.25) is 10.00 Å². The number of nitrogens with zero attached hydrogens (tertiary/aromatic N) is 2. The van der Waals surface area contributed by atoms with Crippen molar-refractivity contribution in [1.82, 2.24) is 15.1 Å². The Morgan fingerprint density at radius 1 is 1.32 bits per heavy atom. The lowest BCUT2D eigenvalue weighted by molar-refractivity contribution is 0.108. The lowest BCUT2D eigenvalue weighted by atomic mass is 10.1. The molecule has 7 heteroatoms. The van der Waals surface area contributed by atoms with Crippen LogP contribution in [-0.4, -0.2) is 40.2 Å². The summed E-state index contributed by atoms with van der Waals surface area (Å²) < 4.78 is 7.07. The van der Waals surface area contributed by atoms with Crippen LogP contribution in [0.2, 0.25) is 0 Å². The zero-order valence-electron chi connectivity index (χ0n) is 14.9. The first-order chi connectivity index (χ1) is 11.9. The average molecular weight is 346 g/mol. The summed E-state index contributed by atoms with van der Waals surface area (Å²) in [5, 5.41) is 19.6. The summed E-state index contributed by atoms with van der Waals surface area (Å²) in [6, 6.07) is 10.7. The van der Waals surface area contributed by atoms with Crippen molar-refractivity contribution in [3.8, 4) is 5.75 Å². The molecular weight excluding hydrogens is 320 g/mol. The van der Waals surface area contributed by atoms with Crippen LogP contribution in [-0.2, 0) is 13.5 Å². The molecule has 0 saturated carbocycles.